The highest BCUT2D eigenvalue weighted by atomic mass is 16.3. The van der Waals surface area contributed by atoms with Crippen LogP contribution in [0.5, 0.6) is 0 Å². The van der Waals surface area contributed by atoms with Crippen molar-refractivity contribution >= 4 is 5.84 Å². The van der Waals surface area contributed by atoms with Crippen molar-refractivity contribution in [1.29, 1.82) is 0 Å². The minimum absolute atomic E-state index is 0.271. The molecule has 1 aliphatic rings. The smallest absolute Gasteiger partial charge is 0.198 e. The molecule has 3 heteroatoms. The number of rotatable bonds is 12. The molecule has 0 spiro atoms. The second-order valence-corrected chi connectivity index (χ2v) is 6.44. The number of hydrogen-bond acceptors (Lipinski definition) is 2. The zero-order valence-corrected chi connectivity index (χ0v) is 13.7. The molecule has 0 amide bonds. The third kappa shape index (κ3) is 6.36. The van der Waals surface area contributed by atoms with Crippen molar-refractivity contribution in [2.45, 2.75) is 71.1 Å². The topological polar surface area (TPSA) is 32.6 Å². The first-order valence-electron chi connectivity index (χ1n) is 8.72. The second-order valence-electron chi connectivity index (χ2n) is 6.44. The molecular weight excluding hydrogens is 248 g/mol. The lowest BCUT2D eigenvalue weighted by atomic mass is 10.1. The predicted octanol–water partition coefficient (Wildman–Crippen LogP) is 3.76. The van der Waals surface area contributed by atoms with Crippen LogP contribution in [-0.2, 0) is 0 Å². The normalized spacial score (nSPS) is 22.2. The maximum atomic E-state index is 9.17. The van der Waals surface area contributed by atoms with Gasteiger partial charge < -0.3 is 5.11 Å². The maximum absolute atomic E-state index is 9.17. The summed E-state index contributed by atoms with van der Waals surface area (Å²) in [7, 11) is 2.22. The average Bonchev–Trinajstić information content (AvgIpc) is 2.78. The van der Waals surface area contributed by atoms with Crippen molar-refractivity contribution in [2.75, 3.05) is 33.3 Å². The van der Waals surface area contributed by atoms with Gasteiger partial charge in [-0.2, -0.15) is 0 Å². The summed E-state index contributed by atoms with van der Waals surface area (Å²) in [6, 6.07) is 0. The summed E-state index contributed by atoms with van der Waals surface area (Å²) in [5.41, 5.74) is 0. The lowest BCUT2D eigenvalue weighted by Crippen LogP contribution is -2.48. The van der Waals surface area contributed by atoms with Gasteiger partial charge >= 0.3 is 0 Å². The van der Waals surface area contributed by atoms with E-state index in [4.69, 9.17) is 5.11 Å². The van der Waals surface area contributed by atoms with Crippen LogP contribution in [-0.4, -0.2) is 48.7 Å². The lowest BCUT2D eigenvalue weighted by Gasteiger charge is -2.29. The van der Waals surface area contributed by atoms with Gasteiger partial charge in [-0.1, -0.05) is 58.3 Å². The van der Waals surface area contributed by atoms with Crippen LogP contribution in [0.1, 0.15) is 71.1 Å². The van der Waals surface area contributed by atoms with Crippen LogP contribution in [0.2, 0.25) is 0 Å². The molecule has 1 aliphatic heterocycles. The van der Waals surface area contributed by atoms with Crippen molar-refractivity contribution in [3.05, 3.63) is 0 Å². The molecule has 118 valence electrons. The largest absolute Gasteiger partial charge is 0.390 e. The van der Waals surface area contributed by atoms with Gasteiger partial charge in [-0.15, -0.1) is 0 Å². The number of aliphatic hydroxyl groups excluding tert-OH is 1. The monoisotopic (exact) mass is 283 g/mol. The third-order valence-corrected chi connectivity index (χ3v) is 4.61. The van der Waals surface area contributed by atoms with E-state index < -0.39 is 0 Å². The SMILES string of the molecule is CCCCCCCCCCCC1=NCC[N+]1(C)CCO. The first-order valence-corrected chi connectivity index (χ1v) is 8.72. The molecule has 0 bridgehead atoms. The first kappa shape index (κ1) is 17.6. The first-order chi connectivity index (χ1) is 9.73. The highest BCUT2D eigenvalue weighted by Gasteiger charge is 2.32. The van der Waals surface area contributed by atoms with Crippen LogP contribution in [0.3, 0.4) is 0 Å². The number of aliphatic hydroxyl groups is 1. The fourth-order valence-corrected chi connectivity index (χ4v) is 3.10. The highest BCUT2D eigenvalue weighted by molar-refractivity contribution is 5.76. The van der Waals surface area contributed by atoms with Crippen molar-refractivity contribution in [1.82, 2.24) is 0 Å². The summed E-state index contributed by atoms with van der Waals surface area (Å²) < 4.78 is 0.882. The molecule has 0 saturated carbocycles. The van der Waals surface area contributed by atoms with Crippen LogP contribution < -0.4 is 0 Å². The highest BCUT2D eigenvalue weighted by Crippen LogP contribution is 2.17. The number of aliphatic imine (C=N–C) groups is 1. The molecule has 1 unspecified atom stereocenters. The Morgan fingerprint density at radius 2 is 1.60 bits per heavy atom. The van der Waals surface area contributed by atoms with Crippen molar-refractivity contribution in [2.24, 2.45) is 4.99 Å². The molecule has 0 fully saturated rings. The van der Waals surface area contributed by atoms with E-state index in [0.717, 1.165) is 30.5 Å². The number of unbranched alkanes of at least 4 members (excludes halogenated alkanes) is 8. The van der Waals surface area contributed by atoms with E-state index in [1.165, 1.54) is 63.6 Å². The van der Waals surface area contributed by atoms with Crippen LogP contribution in [0.25, 0.3) is 0 Å². The third-order valence-electron chi connectivity index (χ3n) is 4.61. The summed E-state index contributed by atoms with van der Waals surface area (Å²) in [4.78, 5) is 4.65. The Balaban J connectivity index is 2.01. The fraction of sp³-hybridized carbons (Fsp3) is 0.941. The summed E-state index contributed by atoms with van der Waals surface area (Å²) in [5, 5.41) is 9.17. The van der Waals surface area contributed by atoms with Crippen LogP contribution >= 0.6 is 0 Å². The van der Waals surface area contributed by atoms with Gasteiger partial charge in [-0.3, -0.25) is 4.48 Å². The molecule has 0 aromatic carbocycles. The summed E-state index contributed by atoms with van der Waals surface area (Å²) >= 11 is 0. The maximum Gasteiger partial charge on any atom is 0.198 e. The molecule has 20 heavy (non-hydrogen) atoms. The summed E-state index contributed by atoms with van der Waals surface area (Å²) in [6.07, 6.45) is 13.5. The fourth-order valence-electron chi connectivity index (χ4n) is 3.10. The van der Waals surface area contributed by atoms with Gasteiger partial charge in [0, 0.05) is 6.42 Å². The second kappa shape index (κ2) is 10.3. The summed E-state index contributed by atoms with van der Waals surface area (Å²) in [6.45, 7) is 5.40. The van der Waals surface area contributed by atoms with E-state index in [1.807, 2.05) is 0 Å². The predicted molar refractivity (Wildman–Crippen MR) is 87.2 cm³/mol. The molecule has 1 atom stereocenters. The zero-order valence-electron chi connectivity index (χ0n) is 13.7. The number of amidine groups is 1. The number of quaternary nitrogens is 1. The van der Waals surface area contributed by atoms with Crippen molar-refractivity contribution in [3.8, 4) is 0 Å². The average molecular weight is 283 g/mol. The Bertz CT molecular complexity index is 278. The van der Waals surface area contributed by atoms with Gasteiger partial charge in [0.05, 0.1) is 20.2 Å². The molecule has 0 radical (unpaired) electrons. The molecular formula is C17H35N2O+. The Morgan fingerprint density at radius 3 is 2.20 bits per heavy atom. The van der Waals surface area contributed by atoms with Gasteiger partial charge in [0.15, 0.2) is 5.84 Å². The molecule has 0 aliphatic carbocycles. The lowest BCUT2D eigenvalue weighted by molar-refractivity contribution is -0.815. The number of nitrogens with zero attached hydrogens (tertiary/aromatic N) is 2. The molecule has 1 rings (SSSR count). The van der Waals surface area contributed by atoms with E-state index in [2.05, 4.69) is 19.0 Å². The Morgan fingerprint density at radius 1 is 1.00 bits per heavy atom. The van der Waals surface area contributed by atoms with Crippen LogP contribution in [0.4, 0.5) is 0 Å². The van der Waals surface area contributed by atoms with Crippen molar-refractivity contribution in [3.63, 3.8) is 0 Å². The number of likely N-dealkylation sites (N-methyl/N-ethyl adjacent to an activating group) is 1. The minimum Gasteiger partial charge on any atom is -0.390 e. The zero-order chi connectivity index (χ0) is 14.7. The van der Waals surface area contributed by atoms with Gasteiger partial charge in [0.25, 0.3) is 0 Å². The van der Waals surface area contributed by atoms with Crippen LogP contribution in [0, 0.1) is 0 Å². The van der Waals surface area contributed by atoms with Gasteiger partial charge in [-0.25, -0.2) is 4.99 Å². The Kier molecular flexibility index (Phi) is 9.12. The minimum atomic E-state index is 0.271. The van der Waals surface area contributed by atoms with Crippen LogP contribution in [0.15, 0.2) is 4.99 Å². The van der Waals surface area contributed by atoms with Gasteiger partial charge in [0.2, 0.25) is 0 Å². The molecule has 0 saturated heterocycles. The molecule has 0 aromatic rings. The summed E-state index contributed by atoms with van der Waals surface area (Å²) in [5.74, 6) is 1.32. The van der Waals surface area contributed by atoms with E-state index in [0.29, 0.717) is 0 Å². The quantitative estimate of drug-likeness (QED) is 0.429. The van der Waals surface area contributed by atoms with Gasteiger partial charge in [0.1, 0.15) is 13.1 Å². The van der Waals surface area contributed by atoms with E-state index in [-0.39, 0.29) is 6.61 Å². The standard InChI is InChI=1S/C17H35N2O/c1-3-4-5-6-7-8-9-10-11-12-17-18-13-14-19(17,2)15-16-20/h20H,3-16H2,1-2H3/q+1. The molecule has 1 N–H and O–H groups in total. The molecule has 0 aromatic heterocycles. The van der Waals surface area contributed by atoms with Gasteiger partial charge in [-0.05, 0) is 6.42 Å². The molecule has 1 heterocycles. The number of hydrogen-bond donors (Lipinski definition) is 1. The Hall–Kier alpha value is -0.410. The van der Waals surface area contributed by atoms with E-state index >= 15 is 0 Å². The van der Waals surface area contributed by atoms with E-state index in [9.17, 15) is 0 Å². The molecule has 3 nitrogen and oxygen atoms in total. The van der Waals surface area contributed by atoms with E-state index in [1.54, 1.807) is 0 Å². The Labute approximate surface area is 125 Å². The van der Waals surface area contributed by atoms with Crippen molar-refractivity contribution < 1.29 is 9.59 Å².